The number of piperidine rings is 1. The fourth-order valence-electron chi connectivity index (χ4n) is 5.38. The lowest BCUT2D eigenvalue weighted by atomic mass is 9.89. The second-order valence-corrected chi connectivity index (χ2v) is 11.2. The molecule has 0 spiro atoms. The minimum absolute atomic E-state index is 0.0392. The van der Waals surface area contributed by atoms with Gasteiger partial charge >= 0.3 is 6.03 Å². The zero-order chi connectivity index (χ0) is 27.9. The number of nitrogens with zero attached hydrogens (tertiary/aromatic N) is 1. The summed E-state index contributed by atoms with van der Waals surface area (Å²) in [5.74, 6) is 0.432. The molecule has 0 bridgehead atoms. The number of amides is 3. The molecule has 3 aromatic carbocycles. The number of ether oxygens (including phenoxy) is 1. The van der Waals surface area contributed by atoms with E-state index in [1.807, 2.05) is 18.2 Å². The molecule has 210 valence electrons. The van der Waals surface area contributed by atoms with E-state index in [-0.39, 0.29) is 12.0 Å². The van der Waals surface area contributed by atoms with Gasteiger partial charge in [0.25, 0.3) is 5.91 Å². The topological polar surface area (TPSA) is 82.7 Å². The van der Waals surface area contributed by atoms with Crippen molar-refractivity contribution < 1.29 is 14.3 Å². The monoisotopic (exact) mass is 580 g/mol. The van der Waals surface area contributed by atoms with Crippen LogP contribution in [0.1, 0.15) is 41.6 Å². The molecule has 0 saturated carbocycles. The first-order valence-corrected chi connectivity index (χ1v) is 14.6. The number of hydrogen-bond acceptors (Lipinski definition) is 4. The molecule has 2 aliphatic heterocycles. The van der Waals surface area contributed by atoms with Crippen molar-refractivity contribution in [1.82, 2.24) is 5.32 Å². The zero-order valence-electron chi connectivity index (χ0n) is 22.3. The molecule has 40 heavy (non-hydrogen) atoms. The van der Waals surface area contributed by atoms with Crippen LogP contribution in [0.2, 0.25) is 10.0 Å². The number of carbonyl (C=O) groups excluding carboxylic acids is 2. The lowest BCUT2D eigenvalue weighted by Crippen LogP contribution is -2.37. The van der Waals surface area contributed by atoms with Gasteiger partial charge in [0, 0.05) is 42.6 Å². The van der Waals surface area contributed by atoms with Gasteiger partial charge in [-0.15, -0.1) is 0 Å². The third-order valence-electron chi connectivity index (χ3n) is 7.52. The Labute approximate surface area is 245 Å². The van der Waals surface area contributed by atoms with Crippen LogP contribution in [0.5, 0.6) is 0 Å². The van der Waals surface area contributed by atoms with Crippen LogP contribution >= 0.6 is 23.2 Å². The Morgan fingerprint density at radius 1 is 0.925 bits per heavy atom. The number of benzene rings is 3. The Morgan fingerprint density at radius 3 is 2.45 bits per heavy atom. The van der Waals surface area contributed by atoms with Crippen molar-refractivity contribution in [1.29, 1.82) is 0 Å². The maximum atomic E-state index is 13.4. The largest absolute Gasteiger partial charge is 0.376 e. The highest BCUT2D eigenvalue weighted by molar-refractivity contribution is 6.36. The average molecular weight is 582 g/mol. The standard InChI is InChI=1S/C31H34Cl2N4O3/c32-23-8-10-28(27(33)18-23)36-31(39)35-24-9-11-29(26(19-24)30(38)34-20-25-7-4-16-40-25)37-14-12-22(13-15-37)17-21-5-2-1-3-6-21/h1-3,5-6,8-11,18-19,22,25H,4,7,12-17,20H2,(H,34,38)(H2,35,36,39)/t25-/m1/s1. The summed E-state index contributed by atoms with van der Waals surface area (Å²) in [4.78, 5) is 28.4. The van der Waals surface area contributed by atoms with E-state index >= 15 is 0 Å². The van der Waals surface area contributed by atoms with Crippen LogP contribution < -0.4 is 20.9 Å². The second kappa shape index (κ2) is 13.4. The van der Waals surface area contributed by atoms with Crippen molar-refractivity contribution in [3.63, 3.8) is 0 Å². The highest BCUT2D eigenvalue weighted by Gasteiger charge is 2.25. The summed E-state index contributed by atoms with van der Waals surface area (Å²) in [7, 11) is 0. The molecule has 2 aliphatic rings. The first-order valence-electron chi connectivity index (χ1n) is 13.8. The van der Waals surface area contributed by atoms with Gasteiger partial charge < -0.3 is 25.6 Å². The maximum Gasteiger partial charge on any atom is 0.323 e. The van der Waals surface area contributed by atoms with Gasteiger partial charge in [0.05, 0.1) is 22.4 Å². The van der Waals surface area contributed by atoms with Gasteiger partial charge in [-0.05, 0) is 80.0 Å². The Kier molecular flexibility index (Phi) is 9.47. The molecule has 1 atom stereocenters. The number of halogens is 2. The van der Waals surface area contributed by atoms with Crippen LogP contribution in [0.25, 0.3) is 0 Å². The summed E-state index contributed by atoms with van der Waals surface area (Å²) < 4.78 is 5.69. The van der Waals surface area contributed by atoms with E-state index in [1.165, 1.54) is 5.56 Å². The van der Waals surface area contributed by atoms with Crippen LogP contribution in [0.15, 0.2) is 66.7 Å². The molecular weight excluding hydrogens is 547 g/mol. The summed E-state index contributed by atoms with van der Waals surface area (Å²) >= 11 is 12.2. The average Bonchev–Trinajstić information content (AvgIpc) is 3.48. The van der Waals surface area contributed by atoms with Gasteiger partial charge in [-0.25, -0.2) is 4.79 Å². The Morgan fingerprint density at radius 2 is 1.73 bits per heavy atom. The fraction of sp³-hybridized carbons (Fsp3) is 0.355. The minimum Gasteiger partial charge on any atom is -0.376 e. The van der Waals surface area contributed by atoms with Crippen molar-refractivity contribution in [2.24, 2.45) is 5.92 Å². The molecule has 7 nitrogen and oxygen atoms in total. The van der Waals surface area contributed by atoms with Gasteiger partial charge in [0.15, 0.2) is 0 Å². The molecule has 2 fully saturated rings. The lowest BCUT2D eigenvalue weighted by molar-refractivity contribution is 0.0858. The molecule has 3 amide bonds. The minimum atomic E-state index is -0.468. The molecule has 0 radical (unpaired) electrons. The molecular formula is C31H34Cl2N4O3. The van der Waals surface area contributed by atoms with E-state index in [4.69, 9.17) is 27.9 Å². The smallest absolute Gasteiger partial charge is 0.323 e. The van der Waals surface area contributed by atoms with E-state index in [2.05, 4.69) is 45.1 Å². The summed E-state index contributed by atoms with van der Waals surface area (Å²) in [6, 6.07) is 20.5. The molecule has 9 heteroatoms. The van der Waals surface area contributed by atoms with Crippen molar-refractivity contribution in [2.45, 2.75) is 38.2 Å². The molecule has 0 aromatic heterocycles. The third kappa shape index (κ3) is 7.47. The lowest BCUT2D eigenvalue weighted by Gasteiger charge is -2.35. The summed E-state index contributed by atoms with van der Waals surface area (Å²) in [6.45, 7) is 2.93. The molecule has 5 rings (SSSR count). The van der Waals surface area contributed by atoms with E-state index in [0.29, 0.717) is 39.4 Å². The summed E-state index contributed by atoms with van der Waals surface area (Å²) in [5.41, 5.74) is 3.71. The Bertz CT molecular complexity index is 1320. The predicted octanol–water partition coefficient (Wildman–Crippen LogP) is 7.01. The van der Waals surface area contributed by atoms with Gasteiger partial charge in [-0.3, -0.25) is 4.79 Å². The van der Waals surface area contributed by atoms with Crippen LogP contribution in [-0.2, 0) is 11.2 Å². The fourth-order valence-corrected chi connectivity index (χ4v) is 5.84. The number of hydrogen-bond donors (Lipinski definition) is 3. The van der Waals surface area contributed by atoms with Crippen LogP contribution in [-0.4, -0.2) is 44.3 Å². The summed E-state index contributed by atoms with van der Waals surface area (Å²) in [6.07, 6.45) is 5.16. The quantitative estimate of drug-likeness (QED) is 0.268. The molecule has 0 unspecified atom stereocenters. The number of nitrogens with one attached hydrogen (secondary N) is 3. The molecule has 2 heterocycles. The normalized spacial score (nSPS) is 17.4. The van der Waals surface area contributed by atoms with Crippen molar-refractivity contribution in [3.05, 3.63) is 87.9 Å². The van der Waals surface area contributed by atoms with E-state index in [9.17, 15) is 9.59 Å². The molecule has 0 aliphatic carbocycles. The number of urea groups is 1. The van der Waals surface area contributed by atoms with Gasteiger partial charge in [0.2, 0.25) is 0 Å². The van der Waals surface area contributed by atoms with E-state index in [1.54, 1.807) is 24.3 Å². The SMILES string of the molecule is O=C(Nc1ccc(N2CCC(Cc3ccccc3)CC2)c(C(=O)NC[C@H]2CCCO2)c1)Nc1ccc(Cl)cc1Cl. The van der Waals surface area contributed by atoms with Crippen LogP contribution in [0.3, 0.4) is 0 Å². The molecule has 3 aromatic rings. The number of carbonyl (C=O) groups is 2. The van der Waals surface area contributed by atoms with E-state index < -0.39 is 6.03 Å². The Balaban J connectivity index is 1.28. The van der Waals surface area contributed by atoms with E-state index in [0.717, 1.165) is 57.5 Å². The van der Waals surface area contributed by atoms with Crippen molar-refractivity contribution in [3.8, 4) is 0 Å². The van der Waals surface area contributed by atoms with Crippen molar-refractivity contribution >= 4 is 52.2 Å². The maximum absolute atomic E-state index is 13.4. The van der Waals surface area contributed by atoms with Gasteiger partial charge in [-0.1, -0.05) is 53.5 Å². The molecule has 3 N–H and O–H groups in total. The van der Waals surface area contributed by atoms with Crippen molar-refractivity contribution in [2.75, 3.05) is 41.8 Å². The summed E-state index contributed by atoms with van der Waals surface area (Å²) in [5, 5.41) is 9.42. The Hall–Kier alpha value is -3.26. The number of anilines is 3. The highest BCUT2D eigenvalue weighted by atomic mass is 35.5. The van der Waals surface area contributed by atoms with Gasteiger partial charge in [0.1, 0.15) is 0 Å². The first-order chi connectivity index (χ1) is 19.4. The first kappa shape index (κ1) is 28.3. The van der Waals surface area contributed by atoms with Crippen LogP contribution in [0, 0.1) is 5.92 Å². The van der Waals surface area contributed by atoms with Gasteiger partial charge in [-0.2, -0.15) is 0 Å². The second-order valence-electron chi connectivity index (χ2n) is 10.4. The van der Waals surface area contributed by atoms with Crippen LogP contribution in [0.4, 0.5) is 21.9 Å². The molecule has 2 saturated heterocycles. The highest BCUT2D eigenvalue weighted by Crippen LogP contribution is 2.31. The number of rotatable bonds is 8. The third-order valence-corrected chi connectivity index (χ3v) is 8.06. The zero-order valence-corrected chi connectivity index (χ0v) is 23.8. The predicted molar refractivity (Wildman–Crippen MR) is 162 cm³/mol.